The van der Waals surface area contributed by atoms with E-state index < -0.39 is 35.4 Å². The second-order valence-electron chi connectivity index (χ2n) is 9.08. The minimum absolute atomic E-state index is 0.145. The van der Waals surface area contributed by atoms with Crippen LogP contribution in [0.5, 0.6) is 11.5 Å². The first-order valence-electron chi connectivity index (χ1n) is 10.5. The second kappa shape index (κ2) is 11.2. The summed E-state index contributed by atoms with van der Waals surface area (Å²) >= 11 is 0. The molecule has 0 bridgehead atoms. The molecule has 0 aromatic heterocycles. The Morgan fingerprint density at radius 1 is 0.935 bits per heavy atom. The quantitative estimate of drug-likeness (QED) is 0.566. The fraction of sp³-hybridized carbons (Fsp3) is 0.652. The number of rotatable bonds is 9. The Morgan fingerprint density at radius 2 is 1.48 bits per heavy atom. The lowest BCUT2D eigenvalue weighted by Crippen LogP contribution is -2.51. The van der Waals surface area contributed by atoms with Gasteiger partial charge in [-0.1, -0.05) is 6.07 Å². The second-order valence-corrected chi connectivity index (χ2v) is 9.08. The van der Waals surface area contributed by atoms with Crippen molar-refractivity contribution in [2.75, 3.05) is 13.2 Å². The highest BCUT2D eigenvalue weighted by Gasteiger charge is 2.33. The van der Waals surface area contributed by atoms with Crippen molar-refractivity contribution in [1.82, 2.24) is 5.32 Å². The molecule has 0 aliphatic carbocycles. The van der Waals surface area contributed by atoms with Crippen molar-refractivity contribution in [3.05, 3.63) is 23.8 Å². The minimum atomic E-state index is -1.59. The third kappa shape index (κ3) is 9.91. The van der Waals surface area contributed by atoms with E-state index in [9.17, 15) is 14.7 Å². The molecule has 1 aromatic carbocycles. The van der Waals surface area contributed by atoms with Crippen molar-refractivity contribution < 1.29 is 33.6 Å². The summed E-state index contributed by atoms with van der Waals surface area (Å²) in [6.07, 6.45) is -2.18. The monoisotopic (exact) mass is 439 g/mol. The Morgan fingerprint density at radius 3 is 2.00 bits per heavy atom. The number of aliphatic hydroxyl groups is 1. The number of aliphatic hydroxyl groups excluding tert-OH is 1. The van der Waals surface area contributed by atoms with E-state index in [1.165, 1.54) is 0 Å². The normalized spacial score (nSPS) is 13.7. The number of carbonyl (C=O) groups excluding carboxylic acids is 2. The van der Waals surface area contributed by atoms with Gasteiger partial charge >= 0.3 is 12.1 Å². The molecule has 0 radical (unpaired) electrons. The van der Waals surface area contributed by atoms with Crippen molar-refractivity contribution in [3.8, 4) is 11.5 Å². The van der Waals surface area contributed by atoms with Gasteiger partial charge in [0.1, 0.15) is 11.2 Å². The van der Waals surface area contributed by atoms with Crippen LogP contribution in [0.2, 0.25) is 0 Å². The predicted octanol–water partition coefficient (Wildman–Crippen LogP) is 3.62. The van der Waals surface area contributed by atoms with Gasteiger partial charge in [0.25, 0.3) is 0 Å². The summed E-state index contributed by atoms with van der Waals surface area (Å²) in [5.74, 6) is 0.312. The number of esters is 1. The number of carbonyl (C=O) groups is 2. The molecule has 2 N–H and O–H groups in total. The first-order valence-corrected chi connectivity index (χ1v) is 10.5. The molecule has 0 heterocycles. The summed E-state index contributed by atoms with van der Waals surface area (Å²) in [5, 5.41) is 13.3. The predicted molar refractivity (Wildman–Crippen MR) is 117 cm³/mol. The van der Waals surface area contributed by atoms with Crippen molar-refractivity contribution in [3.63, 3.8) is 0 Å². The zero-order valence-electron chi connectivity index (χ0n) is 19.9. The van der Waals surface area contributed by atoms with Crippen molar-refractivity contribution in [1.29, 1.82) is 0 Å². The van der Waals surface area contributed by atoms with Gasteiger partial charge < -0.3 is 29.4 Å². The molecule has 1 rings (SSSR count). The highest BCUT2D eigenvalue weighted by Crippen LogP contribution is 2.29. The Labute approximate surface area is 185 Å². The van der Waals surface area contributed by atoms with Crippen LogP contribution < -0.4 is 14.8 Å². The first kappa shape index (κ1) is 26.6. The molecular formula is C23H37NO7. The van der Waals surface area contributed by atoms with Gasteiger partial charge in [0.05, 0.1) is 19.3 Å². The maximum absolute atomic E-state index is 12.5. The molecule has 0 saturated carbocycles. The van der Waals surface area contributed by atoms with Gasteiger partial charge in [0.15, 0.2) is 17.6 Å². The number of alkyl carbamates (subject to hydrolysis) is 1. The number of nitrogens with one attached hydrogen (secondary N) is 1. The van der Waals surface area contributed by atoms with Crippen LogP contribution in [0.1, 0.15) is 61.0 Å². The molecule has 31 heavy (non-hydrogen) atoms. The molecule has 2 atom stereocenters. The average molecular weight is 440 g/mol. The van der Waals surface area contributed by atoms with E-state index in [-0.39, 0.29) is 6.42 Å². The SMILES string of the molecule is CCOc1ccc(CC(NC(=O)OC(C)(C)C)C(O)C(=O)OC(C)(C)C)cc1OCC. The van der Waals surface area contributed by atoms with E-state index >= 15 is 0 Å². The Balaban J connectivity index is 3.14. The van der Waals surface area contributed by atoms with Crippen LogP contribution in [0.4, 0.5) is 4.79 Å². The van der Waals surface area contributed by atoms with Gasteiger partial charge in [-0.25, -0.2) is 9.59 Å². The molecule has 0 aliphatic heterocycles. The van der Waals surface area contributed by atoms with E-state index in [1.54, 1.807) is 59.7 Å². The number of benzene rings is 1. The standard InChI is InChI=1S/C23H37NO7/c1-9-28-17-12-11-15(14-18(17)29-10-2)13-16(24-21(27)31-23(6,7)8)19(25)20(26)30-22(3,4)5/h11-12,14,16,19,25H,9-10,13H2,1-8H3,(H,24,27). The fourth-order valence-electron chi connectivity index (χ4n) is 2.70. The summed E-state index contributed by atoms with van der Waals surface area (Å²) in [4.78, 5) is 24.8. The summed E-state index contributed by atoms with van der Waals surface area (Å²) in [6.45, 7) is 15.0. The average Bonchev–Trinajstić information content (AvgIpc) is 2.60. The Bertz CT molecular complexity index is 734. The third-order valence-corrected chi connectivity index (χ3v) is 3.79. The van der Waals surface area contributed by atoms with Gasteiger partial charge in [0.2, 0.25) is 0 Å². The lowest BCUT2D eigenvalue weighted by atomic mass is 10.0. The number of amides is 1. The molecule has 0 fully saturated rings. The van der Waals surface area contributed by atoms with Crippen LogP contribution in [0.25, 0.3) is 0 Å². The van der Waals surface area contributed by atoms with E-state index in [0.717, 1.165) is 5.56 Å². The minimum Gasteiger partial charge on any atom is -0.490 e. The zero-order valence-corrected chi connectivity index (χ0v) is 19.9. The first-order chi connectivity index (χ1) is 14.3. The molecule has 1 amide bonds. The van der Waals surface area contributed by atoms with Gasteiger partial charge in [-0.2, -0.15) is 0 Å². The third-order valence-electron chi connectivity index (χ3n) is 3.79. The summed E-state index contributed by atoms with van der Waals surface area (Å²) in [6, 6.07) is 4.34. The van der Waals surface area contributed by atoms with E-state index in [0.29, 0.717) is 24.7 Å². The summed E-state index contributed by atoms with van der Waals surface area (Å²) < 4.78 is 21.8. The van der Waals surface area contributed by atoms with Gasteiger partial charge in [0, 0.05) is 0 Å². The van der Waals surface area contributed by atoms with Crippen LogP contribution in [0, 0.1) is 0 Å². The molecule has 1 aromatic rings. The number of hydrogen-bond donors (Lipinski definition) is 2. The van der Waals surface area contributed by atoms with Crippen molar-refractivity contribution in [2.45, 2.75) is 85.2 Å². The molecule has 8 heteroatoms. The van der Waals surface area contributed by atoms with E-state index in [4.69, 9.17) is 18.9 Å². The van der Waals surface area contributed by atoms with Gasteiger partial charge in [-0.3, -0.25) is 0 Å². The number of ether oxygens (including phenoxy) is 4. The zero-order chi connectivity index (χ0) is 23.8. The summed E-state index contributed by atoms with van der Waals surface area (Å²) in [7, 11) is 0. The molecule has 0 aliphatic rings. The molecule has 8 nitrogen and oxygen atoms in total. The lowest BCUT2D eigenvalue weighted by Gasteiger charge is -2.28. The van der Waals surface area contributed by atoms with Gasteiger partial charge in [-0.15, -0.1) is 0 Å². The van der Waals surface area contributed by atoms with Crippen LogP contribution in [-0.4, -0.2) is 53.7 Å². The summed E-state index contributed by atoms with van der Waals surface area (Å²) in [5.41, 5.74) is -0.779. The fourth-order valence-corrected chi connectivity index (χ4v) is 2.70. The van der Waals surface area contributed by atoms with E-state index in [2.05, 4.69) is 5.32 Å². The Hall–Kier alpha value is -2.48. The molecule has 176 valence electrons. The highest BCUT2D eigenvalue weighted by molar-refractivity contribution is 5.77. The lowest BCUT2D eigenvalue weighted by molar-refractivity contribution is -0.166. The molecule has 2 unspecified atom stereocenters. The van der Waals surface area contributed by atoms with E-state index in [1.807, 2.05) is 13.8 Å². The highest BCUT2D eigenvalue weighted by atomic mass is 16.6. The molecule has 0 spiro atoms. The molecule has 0 saturated heterocycles. The molecular weight excluding hydrogens is 402 g/mol. The van der Waals surface area contributed by atoms with Crippen molar-refractivity contribution >= 4 is 12.1 Å². The largest absolute Gasteiger partial charge is 0.490 e. The smallest absolute Gasteiger partial charge is 0.407 e. The van der Waals surface area contributed by atoms with Crippen LogP contribution in [-0.2, 0) is 20.7 Å². The van der Waals surface area contributed by atoms with Crippen LogP contribution in [0.3, 0.4) is 0 Å². The van der Waals surface area contributed by atoms with Crippen LogP contribution in [0.15, 0.2) is 18.2 Å². The topological polar surface area (TPSA) is 103 Å². The Kier molecular flexibility index (Phi) is 9.62. The van der Waals surface area contributed by atoms with Gasteiger partial charge in [-0.05, 0) is 79.5 Å². The number of hydrogen-bond acceptors (Lipinski definition) is 7. The maximum Gasteiger partial charge on any atom is 0.407 e. The van der Waals surface area contributed by atoms with Crippen molar-refractivity contribution in [2.24, 2.45) is 0 Å². The maximum atomic E-state index is 12.5. The van der Waals surface area contributed by atoms with Crippen LogP contribution >= 0.6 is 0 Å².